The quantitative estimate of drug-likeness (QED) is 0.394. The molecule has 0 unspecified atom stereocenters. The van der Waals surface area contributed by atoms with Crippen LogP contribution in [0.15, 0.2) is 72.3 Å². The highest BCUT2D eigenvalue weighted by Gasteiger charge is 2.36. The summed E-state index contributed by atoms with van der Waals surface area (Å²) in [5.74, 6) is -0.964. The number of nitrogens with zero attached hydrogens (tertiary/aromatic N) is 1. The molecule has 4 rings (SSSR count). The highest BCUT2D eigenvalue weighted by atomic mass is 19.1. The van der Waals surface area contributed by atoms with Crippen molar-refractivity contribution in [2.45, 2.75) is 20.5 Å². The molecule has 1 fully saturated rings. The zero-order chi connectivity index (χ0) is 24.9. The first-order chi connectivity index (χ1) is 16.9. The minimum absolute atomic E-state index is 0.187. The summed E-state index contributed by atoms with van der Waals surface area (Å²) in [7, 11) is 0. The second-order valence-corrected chi connectivity index (χ2v) is 7.85. The number of amides is 4. The Bertz CT molecular complexity index is 1300. The van der Waals surface area contributed by atoms with Crippen LogP contribution in [0.1, 0.15) is 23.6 Å². The van der Waals surface area contributed by atoms with Gasteiger partial charge in [0.1, 0.15) is 18.0 Å². The largest absolute Gasteiger partial charge is 0.490 e. The smallest absolute Gasteiger partial charge is 0.335 e. The molecular weight excluding hydrogens is 451 g/mol. The molecule has 7 nitrogen and oxygen atoms in total. The summed E-state index contributed by atoms with van der Waals surface area (Å²) in [5, 5.41) is 2.21. The Balaban J connectivity index is 1.60. The third kappa shape index (κ3) is 5.38. The number of carbonyl (C=O) groups is 3. The minimum Gasteiger partial charge on any atom is -0.490 e. The van der Waals surface area contributed by atoms with Crippen molar-refractivity contribution in [2.24, 2.45) is 0 Å². The van der Waals surface area contributed by atoms with E-state index < -0.39 is 17.8 Å². The maximum Gasteiger partial charge on any atom is 0.335 e. The highest BCUT2D eigenvalue weighted by molar-refractivity contribution is 6.39. The van der Waals surface area contributed by atoms with E-state index in [1.165, 1.54) is 18.2 Å². The number of hydrogen-bond donors (Lipinski definition) is 1. The second kappa shape index (κ2) is 10.2. The van der Waals surface area contributed by atoms with Gasteiger partial charge in [-0.3, -0.25) is 14.9 Å². The SMILES string of the molecule is CCOc1cc(/C=C2\C(=O)NC(=O)N(c3ccc(C)cc3)C2=O)ccc1OCc1ccc(F)cc1. The summed E-state index contributed by atoms with van der Waals surface area (Å²) in [4.78, 5) is 38.9. The van der Waals surface area contributed by atoms with Crippen molar-refractivity contribution >= 4 is 29.6 Å². The lowest BCUT2D eigenvalue weighted by molar-refractivity contribution is -0.122. The van der Waals surface area contributed by atoms with E-state index in [1.807, 2.05) is 13.8 Å². The summed E-state index contributed by atoms with van der Waals surface area (Å²) in [5.41, 5.74) is 2.43. The van der Waals surface area contributed by atoms with E-state index >= 15 is 0 Å². The van der Waals surface area contributed by atoms with Crippen LogP contribution >= 0.6 is 0 Å². The molecule has 0 aliphatic carbocycles. The topological polar surface area (TPSA) is 84.9 Å². The molecule has 1 heterocycles. The normalized spacial score (nSPS) is 14.8. The molecule has 1 saturated heterocycles. The third-order valence-electron chi connectivity index (χ3n) is 5.28. The molecule has 0 radical (unpaired) electrons. The van der Waals surface area contributed by atoms with Gasteiger partial charge in [-0.25, -0.2) is 14.1 Å². The zero-order valence-corrected chi connectivity index (χ0v) is 19.2. The van der Waals surface area contributed by atoms with Crippen molar-refractivity contribution in [1.82, 2.24) is 5.32 Å². The minimum atomic E-state index is -0.805. The second-order valence-electron chi connectivity index (χ2n) is 7.85. The van der Waals surface area contributed by atoms with E-state index in [-0.39, 0.29) is 18.0 Å². The number of hydrogen-bond acceptors (Lipinski definition) is 5. The Morgan fingerprint density at radius 3 is 2.31 bits per heavy atom. The number of halogens is 1. The molecule has 1 N–H and O–H groups in total. The third-order valence-corrected chi connectivity index (χ3v) is 5.28. The summed E-state index contributed by atoms with van der Waals surface area (Å²) >= 11 is 0. The molecule has 1 aliphatic rings. The van der Waals surface area contributed by atoms with Crippen molar-refractivity contribution in [3.05, 3.63) is 94.8 Å². The molecular formula is C27H23FN2O5. The van der Waals surface area contributed by atoms with E-state index in [2.05, 4.69) is 5.32 Å². The van der Waals surface area contributed by atoms with Crippen LogP contribution in [0.2, 0.25) is 0 Å². The Morgan fingerprint density at radius 2 is 1.63 bits per heavy atom. The molecule has 4 amide bonds. The number of benzene rings is 3. The Hall–Kier alpha value is -4.46. The Morgan fingerprint density at radius 1 is 0.914 bits per heavy atom. The predicted octanol–water partition coefficient (Wildman–Crippen LogP) is 4.78. The van der Waals surface area contributed by atoms with E-state index in [0.29, 0.717) is 29.4 Å². The fourth-order valence-electron chi connectivity index (χ4n) is 3.50. The number of nitrogens with one attached hydrogen (secondary N) is 1. The van der Waals surface area contributed by atoms with Crippen LogP contribution in [0, 0.1) is 12.7 Å². The monoisotopic (exact) mass is 474 g/mol. The number of carbonyl (C=O) groups excluding carboxylic acids is 3. The number of urea groups is 1. The van der Waals surface area contributed by atoms with Crippen molar-refractivity contribution in [2.75, 3.05) is 11.5 Å². The lowest BCUT2D eigenvalue weighted by Gasteiger charge is -2.26. The van der Waals surface area contributed by atoms with Crippen LogP contribution in [0.5, 0.6) is 11.5 Å². The molecule has 35 heavy (non-hydrogen) atoms. The molecule has 178 valence electrons. The van der Waals surface area contributed by atoms with Gasteiger partial charge in [0.15, 0.2) is 11.5 Å². The Kier molecular flexibility index (Phi) is 6.91. The number of imide groups is 2. The highest BCUT2D eigenvalue weighted by Crippen LogP contribution is 2.31. The van der Waals surface area contributed by atoms with Crippen LogP contribution in [0.3, 0.4) is 0 Å². The van der Waals surface area contributed by atoms with Crippen molar-refractivity contribution in [1.29, 1.82) is 0 Å². The van der Waals surface area contributed by atoms with Gasteiger partial charge in [-0.2, -0.15) is 0 Å². The number of rotatable bonds is 7. The van der Waals surface area contributed by atoms with Crippen molar-refractivity contribution < 1.29 is 28.2 Å². The van der Waals surface area contributed by atoms with E-state index in [4.69, 9.17) is 9.47 Å². The molecule has 3 aromatic carbocycles. The first kappa shape index (κ1) is 23.7. The molecule has 3 aromatic rings. The van der Waals surface area contributed by atoms with Crippen LogP contribution in [0.25, 0.3) is 6.08 Å². The van der Waals surface area contributed by atoms with Crippen LogP contribution in [-0.2, 0) is 16.2 Å². The van der Waals surface area contributed by atoms with Crippen LogP contribution in [-0.4, -0.2) is 24.5 Å². The molecule has 0 bridgehead atoms. The first-order valence-corrected chi connectivity index (χ1v) is 11.0. The van der Waals surface area contributed by atoms with Gasteiger partial charge < -0.3 is 9.47 Å². The van der Waals surface area contributed by atoms with E-state index in [0.717, 1.165) is 16.0 Å². The number of anilines is 1. The summed E-state index contributed by atoms with van der Waals surface area (Å²) in [6.07, 6.45) is 1.40. The van der Waals surface area contributed by atoms with Gasteiger partial charge in [0, 0.05) is 0 Å². The average Bonchev–Trinajstić information content (AvgIpc) is 2.83. The maximum atomic E-state index is 13.1. The number of barbiturate groups is 1. The molecule has 8 heteroatoms. The van der Waals surface area contributed by atoms with Crippen molar-refractivity contribution in [3.8, 4) is 11.5 Å². The maximum absolute atomic E-state index is 13.1. The van der Waals surface area contributed by atoms with Crippen molar-refractivity contribution in [3.63, 3.8) is 0 Å². The predicted molar refractivity (Wildman–Crippen MR) is 129 cm³/mol. The molecule has 0 spiro atoms. The van der Waals surface area contributed by atoms with Gasteiger partial charge in [-0.1, -0.05) is 35.9 Å². The lowest BCUT2D eigenvalue weighted by atomic mass is 10.1. The molecule has 1 aliphatic heterocycles. The van der Waals surface area contributed by atoms with E-state index in [1.54, 1.807) is 54.6 Å². The lowest BCUT2D eigenvalue weighted by Crippen LogP contribution is -2.54. The molecule has 0 atom stereocenters. The summed E-state index contributed by atoms with van der Waals surface area (Å²) < 4.78 is 24.6. The first-order valence-electron chi connectivity index (χ1n) is 11.0. The fraction of sp³-hybridized carbons (Fsp3) is 0.148. The van der Waals surface area contributed by atoms with Gasteiger partial charge >= 0.3 is 6.03 Å². The zero-order valence-electron chi connectivity index (χ0n) is 19.2. The number of aryl methyl sites for hydroxylation is 1. The van der Waals surface area contributed by atoms with Gasteiger partial charge in [0.05, 0.1) is 12.3 Å². The summed E-state index contributed by atoms with van der Waals surface area (Å²) in [6.45, 7) is 4.27. The van der Waals surface area contributed by atoms with Gasteiger partial charge in [-0.15, -0.1) is 0 Å². The molecule has 0 aromatic heterocycles. The fourth-order valence-corrected chi connectivity index (χ4v) is 3.50. The number of ether oxygens (including phenoxy) is 2. The van der Waals surface area contributed by atoms with E-state index in [9.17, 15) is 18.8 Å². The standard InChI is InChI=1S/C27H23FN2O5/c1-3-34-24-15-19(8-13-23(24)35-16-18-6-9-20(28)10-7-18)14-22-25(31)29-27(33)30(26(22)32)21-11-4-17(2)5-12-21/h4-15H,3,16H2,1-2H3,(H,29,31,33)/b22-14+. The van der Waals surface area contributed by atoms with Gasteiger partial charge in [0.25, 0.3) is 11.8 Å². The summed E-state index contributed by atoms with van der Waals surface area (Å²) in [6, 6.07) is 17.0. The Labute approximate surface area is 201 Å². The van der Waals surface area contributed by atoms with Crippen LogP contribution in [0.4, 0.5) is 14.9 Å². The average molecular weight is 474 g/mol. The van der Waals surface area contributed by atoms with Gasteiger partial charge in [0.2, 0.25) is 0 Å². The van der Waals surface area contributed by atoms with Crippen LogP contribution < -0.4 is 19.7 Å². The van der Waals surface area contributed by atoms with Gasteiger partial charge in [-0.05, 0) is 67.4 Å². The molecule has 0 saturated carbocycles.